The van der Waals surface area contributed by atoms with Crippen LogP contribution < -0.4 is 0 Å². The number of rotatable bonds is 2. The van der Waals surface area contributed by atoms with Crippen molar-refractivity contribution in [3.63, 3.8) is 0 Å². The number of fused-ring (bicyclic) bond motifs is 2. The molecule has 0 bridgehead atoms. The predicted octanol–water partition coefficient (Wildman–Crippen LogP) is 6.44. The molecular formula is C25H24F2IN3O2. The Labute approximate surface area is 203 Å². The molecule has 0 aliphatic carbocycles. The normalized spacial score (nSPS) is 17.2. The van der Waals surface area contributed by atoms with Gasteiger partial charge in [0.05, 0.1) is 23.8 Å². The van der Waals surface area contributed by atoms with Gasteiger partial charge in [-0.05, 0) is 59.7 Å². The molecule has 3 heterocycles. The summed E-state index contributed by atoms with van der Waals surface area (Å²) in [5.41, 5.74) is 2.59. The fourth-order valence-electron chi connectivity index (χ4n) is 4.49. The van der Waals surface area contributed by atoms with Crippen LogP contribution in [-0.2, 0) is 4.74 Å². The Morgan fingerprint density at radius 2 is 1.94 bits per heavy atom. The van der Waals surface area contributed by atoms with Crippen molar-refractivity contribution in [1.29, 1.82) is 0 Å². The van der Waals surface area contributed by atoms with Gasteiger partial charge >= 0.3 is 0 Å². The van der Waals surface area contributed by atoms with Crippen molar-refractivity contribution in [3.8, 4) is 5.69 Å². The predicted molar refractivity (Wildman–Crippen MR) is 132 cm³/mol. The van der Waals surface area contributed by atoms with Gasteiger partial charge < -0.3 is 9.30 Å². The van der Waals surface area contributed by atoms with Crippen molar-refractivity contribution < 1.29 is 18.3 Å². The van der Waals surface area contributed by atoms with Crippen LogP contribution in [0, 0.1) is 20.6 Å². The Morgan fingerprint density at radius 3 is 2.61 bits per heavy atom. The van der Waals surface area contributed by atoms with Gasteiger partial charge in [0.15, 0.2) is 11.6 Å². The van der Waals surface area contributed by atoms with E-state index in [0.29, 0.717) is 12.3 Å². The number of carbonyl (C=O) groups is 1. The van der Waals surface area contributed by atoms with Crippen molar-refractivity contribution in [3.05, 3.63) is 57.4 Å². The maximum absolute atomic E-state index is 14.2. The van der Waals surface area contributed by atoms with Crippen LogP contribution in [0.2, 0.25) is 0 Å². The molecule has 172 valence electrons. The molecule has 0 amide bonds. The maximum atomic E-state index is 14.2. The molecule has 0 N–H and O–H groups in total. The van der Waals surface area contributed by atoms with E-state index in [4.69, 9.17) is 4.74 Å². The van der Waals surface area contributed by atoms with Gasteiger partial charge in [-0.25, -0.2) is 8.78 Å². The second-order valence-electron chi connectivity index (χ2n) is 9.59. The van der Waals surface area contributed by atoms with E-state index in [1.807, 2.05) is 37.5 Å². The molecule has 1 aliphatic heterocycles. The van der Waals surface area contributed by atoms with Crippen LogP contribution in [0.5, 0.6) is 0 Å². The van der Waals surface area contributed by atoms with E-state index in [9.17, 15) is 13.6 Å². The van der Waals surface area contributed by atoms with Crippen LogP contribution in [0.25, 0.3) is 27.5 Å². The first kappa shape index (κ1) is 22.5. The van der Waals surface area contributed by atoms with E-state index >= 15 is 0 Å². The van der Waals surface area contributed by atoms with Crippen LogP contribution in [0.1, 0.15) is 50.0 Å². The molecule has 1 saturated heterocycles. The third-order valence-electron chi connectivity index (χ3n) is 6.17. The number of aromatic nitrogens is 3. The molecule has 33 heavy (non-hydrogen) atoms. The quantitative estimate of drug-likeness (QED) is 0.264. The molecule has 1 aliphatic rings. The Kier molecular flexibility index (Phi) is 5.55. The zero-order chi connectivity index (χ0) is 23.5. The number of hydrogen-bond acceptors (Lipinski definition) is 3. The molecule has 5 rings (SSSR count). The van der Waals surface area contributed by atoms with Gasteiger partial charge in [-0.3, -0.25) is 4.79 Å². The third-order valence-corrected chi connectivity index (χ3v) is 7.30. The van der Waals surface area contributed by atoms with Gasteiger partial charge in [0.2, 0.25) is 0 Å². The Morgan fingerprint density at radius 1 is 1.15 bits per heavy atom. The maximum Gasteiger partial charge on any atom is 0.252 e. The van der Waals surface area contributed by atoms with Crippen LogP contribution in [0.15, 0.2) is 36.5 Å². The lowest BCUT2D eigenvalue weighted by Crippen LogP contribution is -2.27. The minimum Gasteiger partial charge on any atom is -0.381 e. The lowest BCUT2D eigenvalue weighted by atomic mass is 9.96. The van der Waals surface area contributed by atoms with E-state index in [1.165, 1.54) is 10.7 Å². The average molecular weight is 563 g/mol. The first-order valence-electron chi connectivity index (χ1n) is 11.0. The fourth-order valence-corrected chi connectivity index (χ4v) is 5.60. The number of ether oxygens (including phenoxy) is 1. The third kappa shape index (κ3) is 3.77. The molecule has 8 heteroatoms. The van der Waals surface area contributed by atoms with Crippen LogP contribution in [0.4, 0.5) is 8.78 Å². The van der Waals surface area contributed by atoms with E-state index in [-0.39, 0.29) is 11.8 Å². The van der Waals surface area contributed by atoms with E-state index in [2.05, 4.69) is 27.7 Å². The molecule has 1 unspecified atom stereocenters. The lowest BCUT2D eigenvalue weighted by Gasteiger charge is -2.24. The lowest BCUT2D eigenvalue weighted by molar-refractivity contribution is 0.0755. The molecule has 0 saturated carbocycles. The number of hydrogen-bond donors (Lipinski definition) is 0. The van der Waals surface area contributed by atoms with Crippen molar-refractivity contribution >= 4 is 50.3 Å². The largest absolute Gasteiger partial charge is 0.381 e. The molecular weight excluding hydrogens is 539 g/mol. The summed E-state index contributed by atoms with van der Waals surface area (Å²) in [6.07, 6.45) is 3.57. The van der Waals surface area contributed by atoms with Crippen LogP contribution in [0.3, 0.4) is 0 Å². The summed E-state index contributed by atoms with van der Waals surface area (Å²) in [6, 6.07) is 7.93. The summed E-state index contributed by atoms with van der Waals surface area (Å²) in [5, 5.41) is 6.11. The Hall–Kier alpha value is -2.33. The van der Waals surface area contributed by atoms with E-state index in [1.54, 1.807) is 12.3 Å². The zero-order valence-corrected chi connectivity index (χ0v) is 20.8. The molecule has 2 aromatic carbocycles. The number of benzene rings is 2. The van der Waals surface area contributed by atoms with Gasteiger partial charge in [0, 0.05) is 49.7 Å². The number of nitrogens with zero attached hydrogens (tertiary/aromatic N) is 3. The van der Waals surface area contributed by atoms with Gasteiger partial charge in [0.1, 0.15) is 0 Å². The summed E-state index contributed by atoms with van der Waals surface area (Å²) in [6.45, 7) is 6.91. The number of carbonyl (C=O) groups excluding carboxylic acids is 1. The number of halogens is 3. The summed E-state index contributed by atoms with van der Waals surface area (Å²) in [7, 11) is 0. The SMILES string of the molecule is CC(C)(C)C(=O)n1ncc2cc3c(cc21)c(I)c(C1CCCOC1)n3-c1ccc(F)c(F)c1. The Balaban J connectivity index is 1.81. The summed E-state index contributed by atoms with van der Waals surface area (Å²) >= 11 is 2.32. The molecule has 0 radical (unpaired) electrons. The summed E-state index contributed by atoms with van der Waals surface area (Å²) in [4.78, 5) is 13.0. The Bertz CT molecular complexity index is 1390. The highest BCUT2D eigenvalue weighted by Gasteiger charge is 2.29. The smallest absolute Gasteiger partial charge is 0.252 e. The molecule has 1 atom stereocenters. The van der Waals surface area contributed by atoms with Gasteiger partial charge in [-0.1, -0.05) is 20.8 Å². The van der Waals surface area contributed by atoms with Gasteiger partial charge in [-0.15, -0.1) is 0 Å². The van der Waals surface area contributed by atoms with Crippen molar-refractivity contribution in [2.75, 3.05) is 13.2 Å². The first-order valence-corrected chi connectivity index (χ1v) is 12.0. The standard InChI is InChI=1S/C25H24F2IN3O2/c1-25(2,3)24(32)31-20-11-17-21(9-15(20)12-29-31)30(16-6-7-18(26)19(27)10-16)23(22(17)28)14-5-4-8-33-13-14/h6-7,9-12,14H,4-5,8,13H2,1-3H3. The van der Waals surface area contributed by atoms with Crippen molar-refractivity contribution in [2.45, 2.75) is 39.5 Å². The molecule has 1 fully saturated rings. The highest BCUT2D eigenvalue weighted by Crippen LogP contribution is 2.40. The first-order chi connectivity index (χ1) is 15.7. The highest BCUT2D eigenvalue weighted by molar-refractivity contribution is 14.1. The van der Waals surface area contributed by atoms with Crippen LogP contribution >= 0.6 is 22.6 Å². The summed E-state index contributed by atoms with van der Waals surface area (Å²) < 4.78 is 38.2. The molecule has 4 aromatic rings. The second kappa shape index (κ2) is 8.16. The minimum atomic E-state index is -0.889. The summed E-state index contributed by atoms with van der Waals surface area (Å²) in [5.74, 6) is -1.73. The zero-order valence-electron chi connectivity index (χ0n) is 18.7. The van der Waals surface area contributed by atoms with Gasteiger partial charge in [-0.2, -0.15) is 9.78 Å². The van der Waals surface area contributed by atoms with Crippen molar-refractivity contribution in [1.82, 2.24) is 14.3 Å². The van der Waals surface area contributed by atoms with Crippen LogP contribution in [-0.4, -0.2) is 33.5 Å². The monoisotopic (exact) mass is 563 g/mol. The van der Waals surface area contributed by atoms with Gasteiger partial charge in [0.25, 0.3) is 5.91 Å². The topological polar surface area (TPSA) is 49.1 Å². The molecule has 0 spiro atoms. The second-order valence-corrected chi connectivity index (χ2v) is 10.7. The molecule has 5 nitrogen and oxygen atoms in total. The minimum absolute atomic E-state index is 0.0900. The van der Waals surface area contributed by atoms with E-state index < -0.39 is 17.0 Å². The highest BCUT2D eigenvalue weighted by atomic mass is 127. The fraction of sp³-hybridized carbons (Fsp3) is 0.360. The average Bonchev–Trinajstić information content (AvgIpc) is 3.32. The van der Waals surface area contributed by atoms with E-state index in [0.717, 1.165) is 56.6 Å². The van der Waals surface area contributed by atoms with Crippen molar-refractivity contribution in [2.24, 2.45) is 5.41 Å². The molecule has 2 aromatic heterocycles.